The van der Waals surface area contributed by atoms with E-state index < -0.39 is 15.8 Å². The van der Waals surface area contributed by atoms with E-state index in [1.54, 1.807) is 12.5 Å². The largest absolute Gasteiger partial charge is 0.497 e. The average Bonchev–Trinajstić information content (AvgIpc) is 3.29. The highest BCUT2D eigenvalue weighted by molar-refractivity contribution is 7.93. The van der Waals surface area contributed by atoms with E-state index in [1.165, 1.54) is 12.1 Å². The highest BCUT2D eigenvalue weighted by Gasteiger charge is 2.22. The number of benzene rings is 2. The van der Waals surface area contributed by atoms with Crippen molar-refractivity contribution in [2.45, 2.75) is 17.7 Å². The van der Waals surface area contributed by atoms with Crippen LogP contribution in [0.3, 0.4) is 0 Å². The lowest BCUT2D eigenvalue weighted by Gasteiger charge is -2.36. The van der Waals surface area contributed by atoms with Gasteiger partial charge in [-0.3, -0.25) is 9.52 Å². The number of carbonyl (C=O) groups excluding carboxylic acids is 1. The molecule has 34 heavy (non-hydrogen) atoms. The van der Waals surface area contributed by atoms with Crippen LogP contribution in [0.4, 0.5) is 15.2 Å². The van der Waals surface area contributed by atoms with Gasteiger partial charge in [-0.2, -0.15) is 0 Å². The number of methoxy groups -OCH3 is 1. The fourth-order valence-electron chi connectivity index (χ4n) is 3.67. The maximum Gasteiger partial charge on any atom is 0.263 e. The summed E-state index contributed by atoms with van der Waals surface area (Å²) < 4.78 is 45.6. The number of carbonyl (C=O) groups is 1. The minimum absolute atomic E-state index is 0.0473. The lowest BCUT2D eigenvalue weighted by molar-refractivity contribution is -0.131. The van der Waals surface area contributed by atoms with E-state index in [1.807, 2.05) is 29.2 Å². The van der Waals surface area contributed by atoms with Crippen molar-refractivity contribution in [3.8, 4) is 5.75 Å². The second-order valence-electron chi connectivity index (χ2n) is 7.77. The molecule has 2 aromatic carbocycles. The third-order valence-corrected chi connectivity index (χ3v) is 7.83. The predicted octanol–water partition coefficient (Wildman–Crippen LogP) is 3.37. The van der Waals surface area contributed by atoms with Crippen molar-refractivity contribution in [1.29, 1.82) is 0 Å². The van der Waals surface area contributed by atoms with Crippen LogP contribution in [0.2, 0.25) is 0 Å². The topological polar surface area (TPSA) is 91.8 Å². The van der Waals surface area contributed by atoms with Crippen molar-refractivity contribution < 1.29 is 22.3 Å². The lowest BCUT2D eigenvalue weighted by Crippen LogP contribution is -2.48. The Morgan fingerprint density at radius 1 is 1.15 bits per heavy atom. The molecule has 180 valence electrons. The lowest BCUT2D eigenvalue weighted by atomic mass is 10.2. The van der Waals surface area contributed by atoms with E-state index in [0.717, 1.165) is 48.0 Å². The van der Waals surface area contributed by atoms with Gasteiger partial charge in [-0.1, -0.05) is 6.07 Å². The van der Waals surface area contributed by atoms with Gasteiger partial charge in [0.2, 0.25) is 5.91 Å². The molecule has 8 nitrogen and oxygen atoms in total. The zero-order valence-electron chi connectivity index (χ0n) is 18.6. The van der Waals surface area contributed by atoms with Crippen LogP contribution < -0.4 is 14.4 Å². The third-order valence-electron chi connectivity index (χ3n) is 5.54. The van der Waals surface area contributed by atoms with Gasteiger partial charge in [-0.15, -0.1) is 11.3 Å². The van der Waals surface area contributed by atoms with Crippen LogP contribution in [0.25, 0.3) is 0 Å². The Balaban J connectivity index is 1.27. The van der Waals surface area contributed by atoms with Gasteiger partial charge in [0.1, 0.15) is 11.6 Å². The minimum Gasteiger partial charge on any atom is -0.497 e. The number of hydrogen-bond donors (Lipinski definition) is 1. The SMILES string of the molecule is COc1cccc(N2CCN(C(=O)CCc3csc(NS(=O)(=O)c4ccc(F)cc4)n3)CC2)c1. The van der Waals surface area contributed by atoms with E-state index in [9.17, 15) is 17.6 Å². The Morgan fingerprint density at radius 2 is 1.88 bits per heavy atom. The normalized spacial score (nSPS) is 14.2. The van der Waals surface area contributed by atoms with Crippen molar-refractivity contribution in [3.63, 3.8) is 0 Å². The van der Waals surface area contributed by atoms with E-state index in [-0.39, 0.29) is 15.9 Å². The zero-order chi connectivity index (χ0) is 24.1. The van der Waals surface area contributed by atoms with Gasteiger partial charge in [0.15, 0.2) is 5.13 Å². The Labute approximate surface area is 202 Å². The van der Waals surface area contributed by atoms with Crippen molar-refractivity contribution in [2.75, 3.05) is 42.9 Å². The standard InChI is InChI=1S/C23H25FN4O4S2/c1-32-20-4-2-3-19(15-20)27-11-13-28(14-12-27)22(29)10-7-18-16-33-23(25-18)26-34(30,31)21-8-5-17(24)6-9-21/h2-6,8-9,15-16H,7,10-14H2,1H3,(H,25,26). The Kier molecular flexibility index (Phi) is 7.32. The molecule has 2 heterocycles. The molecule has 1 aromatic heterocycles. The van der Waals surface area contributed by atoms with Gasteiger partial charge in [0.25, 0.3) is 10.0 Å². The number of ether oxygens (including phenoxy) is 1. The van der Waals surface area contributed by atoms with Gasteiger partial charge in [-0.25, -0.2) is 17.8 Å². The number of piperazine rings is 1. The van der Waals surface area contributed by atoms with Crippen LogP contribution in [0, 0.1) is 5.82 Å². The first-order chi connectivity index (χ1) is 16.3. The van der Waals surface area contributed by atoms with Crippen molar-refractivity contribution in [2.24, 2.45) is 0 Å². The number of aryl methyl sites for hydroxylation is 1. The maximum atomic E-state index is 13.1. The first kappa shape index (κ1) is 24.0. The zero-order valence-corrected chi connectivity index (χ0v) is 20.2. The summed E-state index contributed by atoms with van der Waals surface area (Å²) in [5, 5.41) is 1.94. The summed E-state index contributed by atoms with van der Waals surface area (Å²) in [6.07, 6.45) is 0.719. The van der Waals surface area contributed by atoms with Crippen molar-refractivity contribution >= 4 is 38.1 Å². The molecular weight excluding hydrogens is 479 g/mol. The quantitative estimate of drug-likeness (QED) is 0.506. The summed E-state index contributed by atoms with van der Waals surface area (Å²) in [6, 6.07) is 12.4. The number of nitrogens with one attached hydrogen (secondary N) is 1. The van der Waals surface area contributed by atoms with E-state index in [4.69, 9.17) is 4.74 Å². The van der Waals surface area contributed by atoms with E-state index >= 15 is 0 Å². The number of nitrogens with zero attached hydrogens (tertiary/aromatic N) is 3. The van der Waals surface area contributed by atoms with Crippen LogP contribution in [0.1, 0.15) is 12.1 Å². The second kappa shape index (κ2) is 10.4. The Morgan fingerprint density at radius 3 is 2.59 bits per heavy atom. The van der Waals surface area contributed by atoms with Gasteiger partial charge in [-0.05, 0) is 42.8 Å². The molecule has 0 spiro atoms. The Hall–Kier alpha value is -3.18. The summed E-state index contributed by atoms with van der Waals surface area (Å²) in [4.78, 5) is 21.0. The van der Waals surface area contributed by atoms with Crippen LogP contribution in [0.15, 0.2) is 58.8 Å². The summed E-state index contributed by atoms with van der Waals surface area (Å²) in [5.74, 6) is 0.340. The van der Waals surface area contributed by atoms with Gasteiger partial charge >= 0.3 is 0 Å². The number of sulfonamides is 1. The second-order valence-corrected chi connectivity index (χ2v) is 10.3. The number of anilines is 2. The first-order valence-corrected chi connectivity index (χ1v) is 13.1. The van der Waals surface area contributed by atoms with E-state index in [0.29, 0.717) is 31.6 Å². The highest BCUT2D eigenvalue weighted by atomic mass is 32.2. The molecule has 11 heteroatoms. The number of thiazole rings is 1. The molecule has 0 bridgehead atoms. The van der Waals surface area contributed by atoms with Crippen LogP contribution in [-0.2, 0) is 21.2 Å². The van der Waals surface area contributed by atoms with Crippen molar-refractivity contribution in [1.82, 2.24) is 9.88 Å². The molecular formula is C23H25FN4O4S2. The van der Waals surface area contributed by atoms with Crippen LogP contribution >= 0.6 is 11.3 Å². The van der Waals surface area contributed by atoms with E-state index in [2.05, 4.69) is 14.6 Å². The molecule has 3 aromatic rings. The first-order valence-electron chi connectivity index (χ1n) is 10.7. The van der Waals surface area contributed by atoms with Crippen LogP contribution in [-0.4, -0.2) is 57.5 Å². The fourth-order valence-corrected chi connectivity index (χ4v) is 5.67. The number of hydrogen-bond acceptors (Lipinski definition) is 7. The summed E-state index contributed by atoms with van der Waals surface area (Å²) >= 11 is 1.15. The molecule has 1 saturated heterocycles. The van der Waals surface area contributed by atoms with Gasteiger partial charge < -0.3 is 14.5 Å². The monoisotopic (exact) mass is 504 g/mol. The predicted molar refractivity (Wildman–Crippen MR) is 129 cm³/mol. The molecule has 1 N–H and O–H groups in total. The van der Waals surface area contributed by atoms with Crippen LogP contribution in [0.5, 0.6) is 5.75 Å². The van der Waals surface area contributed by atoms with Crippen molar-refractivity contribution in [3.05, 3.63) is 65.4 Å². The van der Waals surface area contributed by atoms with Gasteiger partial charge in [0.05, 0.1) is 17.7 Å². The molecule has 0 saturated carbocycles. The molecule has 1 aliphatic rings. The minimum atomic E-state index is -3.85. The molecule has 1 fully saturated rings. The highest BCUT2D eigenvalue weighted by Crippen LogP contribution is 2.23. The van der Waals surface area contributed by atoms with Gasteiger partial charge in [0, 0.05) is 49.7 Å². The molecule has 1 amide bonds. The number of halogens is 1. The molecule has 0 radical (unpaired) electrons. The summed E-state index contributed by atoms with van der Waals surface area (Å²) in [5.41, 5.74) is 1.72. The number of amides is 1. The molecule has 1 aliphatic heterocycles. The molecule has 0 unspecified atom stereocenters. The average molecular weight is 505 g/mol. The summed E-state index contributed by atoms with van der Waals surface area (Å²) in [7, 11) is -2.21. The maximum absolute atomic E-state index is 13.1. The smallest absolute Gasteiger partial charge is 0.263 e. The fraction of sp³-hybridized carbons (Fsp3) is 0.304. The molecule has 0 aliphatic carbocycles. The Bertz CT molecular complexity index is 1240. The third kappa shape index (κ3) is 5.84. The number of rotatable bonds is 8. The summed E-state index contributed by atoms with van der Waals surface area (Å²) in [6.45, 7) is 2.75. The molecule has 0 atom stereocenters. The number of aromatic nitrogens is 1. The molecule has 4 rings (SSSR count).